The van der Waals surface area contributed by atoms with Crippen molar-refractivity contribution in [3.63, 3.8) is 0 Å². The number of para-hydroxylation sites is 2. The second-order valence-corrected chi connectivity index (χ2v) is 8.72. The minimum atomic E-state index is -0.544. The number of aryl methyl sites for hydroxylation is 1. The van der Waals surface area contributed by atoms with Gasteiger partial charge in [0, 0.05) is 52.3 Å². The molecule has 0 saturated carbocycles. The molecule has 0 bridgehead atoms. The molecular weight excluding hydrogens is 388 g/mol. The minimum absolute atomic E-state index is 0.0842. The molecule has 5 heteroatoms. The second kappa shape index (κ2) is 7.58. The van der Waals surface area contributed by atoms with Crippen LogP contribution >= 0.6 is 0 Å². The average molecular weight is 415 g/mol. The van der Waals surface area contributed by atoms with Gasteiger partial charge >= 0.3 is 0 Å². The molecule has 0 spiro atoms. The van der Waals surface area contributed by atoms with Gasteiger partial charge in [-0.15, -0.1) is 0 Å². The van der Waals surface area contributed by atoms with Crippen LogP contribution < -0.4 is 15.5 Å². The normalized spacial score (nSPS) is 11.6. The molecule has 158 valence electrons. The van der Waals surface area contributed by atoms with E-state index in [1.807, 2.05) is 87.0 Å². The van der Waals surface area contributed by atoms with Crippen molar-refractivity contribution < 1.29 is 9.53 Å². The van der Waals surface area contributed by atoms with Gasteiger partial charge in [-0.05, 0) is 12.1 Å². The SMILES string of the molecule is COc1cc2n(C)c3ccccc3c(-c3ccccc3NC(=O)C(C)(C)C)c-2c(=O)c1. The first-order valence-electron chi connectivity index (χ1n) is 10.2. The van der Waals surface area contributed by atoms with Crippen molar-refractivity contribution in [2.24, 2.45) is 12.5 Å². The topological polar surface area (TPSA) is 60.3 Å². The molecule has 2 aromatic carbocycles. The van der Waals surface area contributed by atoms with Crippen LogP contribution in [0.15, 0.2) is 65.5 Å². The fourth-order valence-electron chi connectivity index (χ4n) is 3.85. The van der Waals surface area contributed by atoms with E-state index in [0.29, 0.717) is 17.0 Å². The number of nitrogens with zero attached hydrogens (tertiary/aromatic N) is 1. The van der Waals surface area contributed by atoms with Gasteiger partial charge in [-0.25, -0.2) is 0 Å². The molecule has 1 amide bonds. The van der Waals surface area contributed by atoms with Crippen LogP contribution in [0.4, 0.5) is 5.69 Å². The summed E-state index contributed by atoms with van der Waals surface area (Å²) in [5, 5.41) is 4.00. The number of carbonyl (C=O) groups is 1. The Bertz CT molecular complexity index is 1330. The van der Waals surface area contributed by atoms with Crippen LogP contribution in [-0.2, 0) is 11.8 Å². The molecule has 0 fully saturated rings. The summed E-state index contributed by atoms with van der Waals surface area (Å²) in [5.41, 5.74) is 3.98. The molecule has 1 aliphatic heterocycles. The molecule has 2 aliphatic rings. The maximum absolute atomic E-state index is 13.3. The lowest BCUT2D eigenvalue weighted by atomic mass is 9.90. The third-order valence-electron chi connectivity index (χ3n) is 5.56. The zero-order chi connectivity index (χ0) is 22.3. The van der Waals surface area contributed by atoms with E-state index in [-0.39, 0.29) is 11.3 Å². The standard InChI is InChI=1S/C26H26N2O3/c1-26(2,3)25(30)27-19-12-8-6-10-17(19)23-18-11-7-9-13-20(18)28(4)21-14-16(31-5)15-22(29)24(21)23/h6-15H,1-5H3,(H,27,30). The number of ether oxygens (including phenoxy) is 1. The number of methoxy groups -OCH3 is 1. The number of pyridine rings is 1. The van der Waals surface area contributed by atoms with Gasteiger partial charge in [0.1, 0.15) is 5.75 Å². The third kappa shape index (κ3) is 3.56. The number of amides is 1. The Morgan fingerprint density at radius 2 is 1.65 bits per heavy atom. The summed E-state index contributed by atoms with van der Waals surface area (Å²) in [6.45, 7) is 5.63. The zero-order valence-corrected chi connectivity index (χ0v) is 18.4. The first-order chi connectivity index (χ1) is 14.7. The van der Waals surface area contributed by atoms with Crippen LogP contribution in [0.5, 0.6) is 5.75 Å². The molecule has 0 radical (unpaired) electrons. The van der Waals surface area contributed by atoms with E-state index in [2.05, 4.69) is 5.32 Å². The molecule has 4 rings (SSSR count). The van der Waals surface area contributed by atoms with Crippen LogP contribution in [0.2, 0.25) is 0 Å². The fourth-order valence-corrected chi connectivity index (χ4v) is 3.85. The Kier molecular flexibility index (Phi) is 5.05. The molecular formula is C26H26N2O3. The predicted octanol–water partition coefficient (Wildman–Crippen LogP) is 5.30. The number of aromatic nitrogens is 1. The van der Waals surface area contributed by atoms with Gasteiger partial charge in [-0.3, -0.25) is 9.59 Å². The van der Waals surface area contributed by atoms with Gasteiger partial charge in [0.25, 0.3) is 0 Å². The van der Waals surface area contributed by atoms with Gasteiger partial charge in [0.2, 0.25) is 5.91 Å². The van der Waals surface area contributed by atoms with Crippen molar-refractivity contribution in [3.05, 3.63) is 70.9 Å². The van der Waals surface area contributed by atoms with Gasteiger partial charge in [0.15, 0.2) is 5.43 Å². The first-order valence-corrected chi connectivity index (χ1v) is 10.2. The summed E-state index contributed by atoms with van der Waals surface area (Å²) < 4.78 is 7.37. The monoisotopic (exact) mass is 414 g/mol. The van der Waals surface area contributed by atoms with Gasteiger partial charge < -0.3 is 14.6 Å². The maximum atomic E-state index is 13.3. The summed E-state index contributed by atoms with van der Waals surface area (Å²) in [7, 11) is 3.50. The number of fused-ring (bicyclic) bond motifs is 2. The first kappa shape index (κ1) is 20.7. The van der Waals surface area contributed by atoms with E-state index in [0.717, 1.165) is 27.7 Å². The van der Waals surface area contributed by atoms with Crippen LogP contribution in [0, 0.1) is 5.41 Å². The van der Waals surface area contributed by atoms with Crippen LogP contribution in [-0.4, -0.2) is 17.6 Å². The molecule has 1 aliphatic carbocycles. The summed E-state index contributed by atoms with van der Waals surface area (Å²) >= 11 is 0. The summed E-state index contributed by atoms with van der Waals surface area (Å²) in [5.74, 6) is 0.433. The van der Waals surface area contributed by atoms with E-state index in [1.165, 1.54) is 6.07 Å². The molecule has 1 heterocycles. The Morgan fingerprint density at radius 1 is 0.968 bits per heavy atom. The summed E-state index contributed by atoms with van der Waals surface area (Å²) in [4.78, 5) is 26.0. The third-order valence-corrected chi connectivity index (χ3v) is 5.56. The number of hydrogen-bond donors (Lipinski definition) is 1. The smallest absolute Gasteiger partial charge is 0.229 e. The highest BCUT2D eigenvalue weighted by atomic mass is 16.5. The Labute approximate surface area is 181 Å². The number of hydrogen-bond acceptors (Lipinski definition) is 3. The number of carbonyl (C=O) groups excluding carboxylic acids is 1. The molecule has 0 aromatic heterocycles. The quantitative estimate of drug-likeness (QED) is 0.463. The number of nitrogens with one attached hydrogen (secondary N) is 1. The molecule has 5 nitrogen and oxygen atoms in total. The van der Waals surface area contributed by atoms with Crippen LogP contribution in [0.1, 0.15) is 20.8 Å². The maximum Gasteiger partial charge on any atom is 0.229 e. The second-order valence-electron chi connectivity index (χ2n) is 8.72. The highest BCUT2D eigenvalue weighted by Gasteiger charge is 2.25. The largest absolute Gasteiger partial charge is 0.497 e. The van der Waals surface area contributed by atoms with E-state index in [1.54, 1.807) is 7.11 Å². The lowest BCUT2D eigenvalue weighted by Gasteiger charge is -2.24. The molecule has 0 unspecified atom stereocenters. The van der Waals surface area contributed by atoms with Crippen molar-refractivity contribution in [3.8, 4) is 28.1 Å². The zero-order valence-electron chi connectivity index (χ0n) is 18.4. The Balaban J connectivity index is 2.11. The molecule has 2 aromatic rings. The fraction of sp³-hybridized carbons (Fsp3) is 0.231. The molecule has 1 N–H and O–H groups in total. The summed E-state index contributed by atoms with van der Waals surface area (Å²) in [6.07, 6.45) is 0. The predicted molar refractivity (Wildman–Crippen MR) is 126 cm³/mol. The van der Waals surface area contributed by atoms with Gasteiger partial charge in [0.05, 0.1) is 18.4 Å². The number of rotatable bonds is 3. The van der Waals surface area contributed by atoms with Crippen LogP contribution in [0.3, 0.4) is 0 Å². The van der Waals surface area contributed by atoms with Crippen molar-refractivity contribution in [1.29, 1.82) is 0 Å². The van der Waals surface area contributed by atoms with Crippen LogP contribution in [0.25, 0.3) is 33.3 Å². The van der Waals surface area contributed by atoms with Gasteiger partial charge in [-0.1, -0.05) is 57.2 Å². The average Bonchev–Trinajstić information content (AvgIpc) is 2.74. The highest BCUT2D eigenvalue weighted by molar-refractivity contribution is 6.08. The van der Waals surface area contributed by atoms with Crippen molar-refractivity contribution in [1.82, 2.24) is 4.57 Å². The van der Waals surface area contributed by atoms with E-state index < -0.39 is 5.41 Å². The minimum Gasteiger partial charge on any atom is -0.497 e. The number of anilines is 1. The highest BCUT2D eigenvalue weighted by Crippen LogP contribution is 2.42. The van der Waals surface area contributed by atoms with Crippen molar-refractivity contribution in [2.75, 3.05) is 12.4 Å². The van der Waals surface area contributed by atoms with Crippen molar-refractivity contribution in [2.45, 2.75) is 20.8 Å². The molecule has 0 saturated heterocycles. The van der Waals surface area contributed by atoms with E-state index >= 15 is 0 Å². The molecule has 0 atom stereocenters. The summed E-state index contributed by atoms with van der Waals surface area (Å²) in [6, 6.07) is 19.0. The molecule has 31 heavy (non-hydrogen) atoms. The van der Waals surface area contributed by atoms with Gasteiger partial charge in [-0.2, -0.15) is 0 Å². The lowest BCUT2D eigenvalue weighted by Crippen LogP contribution is -2.27. The van der Waals surface area contributed by atoms with Crippen molar-refractivity contribution >= 4 is 22.5 Å². The van der Waals surface area contributed by atoms with E-state index in [9.17, 15) is 9.59 Å². The number of benzene rings is 3. The Hall–Kier alpha value is -3.60. The lowest BCUT2D eigenvalue weighted by molar-refractivity contribution is -0.123. The van der Waals surface area contributed by atoms with E-state index in [4.69, 9.17) is 4.74 Å². The Morgan fingerprint density at radius 3 is 2.35 bits per heavy atom.